The number of esters is 1. The Labute approximate surface area is 186 Å². The van der Waals surface area contributed by atoms with Gasteiger partial charge < -0.3 is 19.8 Å². The summed E-state index contributed by atoms with van der Waals surface area (Å²) in [5.74, 6) is 0.731. The van der Waals surface area contributed by atoms with E-state index in [4.69, 9.17) is 14.5 Å². The third kappa shape index (κ3) is 3.72. The van der Waals surface area contributed by atoms with E-state index >= 15 is 0 Å². The van der Waals surface area contributed by atoms with Crippen LogP contribution in [0.5, 0.6) is 5.75 Å². The van der Waals surface area contributed by atoms with Crippen molar-refractivity contribution in [2.45, 2.75) is 51.5 Å². The zero-order valence-electron chi connectivity index (χ0n) is 18.9. The number of hydrogen-bond acceptors (Lipinski definition) is 7. The number of anilines is 1. The van der Waals surface area contributed by atoms with E-state index in [1.165, 1.54) is 7.11 Å². The van der Waals surface area contributed by atoms with Crippen LogP contribution in [-0.4, -0.2) is 45.0 Å². The Hall–Kier alpha value is -3.36. The second kappa shape index (κ2) is 8.64. The van der Waals surface area contributed by atoms with Crippen molar-refractivity contribution < 1.29 is 14.3 Å². The van der Waals surface area contributed by atoms with Crippen molar-refractivity contribution in [3.05, 3.63) is 34.2 Å². The summed E-state index contributed by atoms with van der Waals surface area (Å²) < 4.78 is 12.4. The summed E-state index contributed by atoms with van der Waals surface area (Å²) >= 11 is 0. The molecule has 0 aliphatic heterocycles. The summed E-state index contributed by atoms with van der Waals surface area (Å²) in [5.41, 5.74) is 2.24. The van der Waals surface area contributed by atoms with Crippen molar-refractivity contribution in [3.8, 4) is 17.1 Å². The molecule has 2 aromatic heterocycles. The van der Waals surface area contributed by atoms with Crippen LogP contribution in [0, 0.1) is 0 Å². The number of hydrogen-bond donors (Lipinski definition) is 2. The lowest BCUT2D eigenvalue weighted by molar-refractivity contribution is -0.149. The number of fused-ring (bicyclic) bond motifs is 1. The SMILES string of the molecule is CCCc1nn(C)c2c(=O)[nH]c(-c3cc(NC4(C(=O)OC)CCC4)ccc3OCC)nc12. The summed E-state index contributed by atoms with van der Waals surface area (Å²) in [6.45, 7) is 4.43. The Morgan fingerprint density at radius 3 is 2.72 bits per heavy atom. The molecule has 1 saturated carbocycles. The van der Waals surface area contributed by atoms with Crippen LogP contribution < -0.4 is 15.6 Å². The van der Waals surface area contributed by atoms with Crippen LogP contribution in [0.2, 0.25) is 0 Å². The number of nitrogens with zero attached hydrogens (tertiary/aromatic N) is 3. The van der Waals surface area contributed by atoms with Crippen molar-refractivity contribution in [1.29, 1.82) is 0 Å². The van der Waals surface area contributed by atoms with Gasteiger partial charge >= 0.3 is 5.97 Å². The Bertz CT molecular complexity index is 1210. The van der Waals surface area contributed by atoms with E-state index in [0.29, 0.717) is 47.6 Å². The lowest BCUT2D eigenvalue weighted by atomic mass is 9.76. The van der Waals surface area contributed by atoms with Gasteiger partial charge in [0.05, 0.1) is 25.0 Å². The number of ether oxygens (including phenoxy) is 2. The molecule has 0 saturated heterocycles. The second-order valence-corrected chi connectivity index (χ2v) is 8.13. The Morgan fingerprint density at radius 1 is 1.31 bits per heavy atom. The smallest absolute Gasteiger partial charge is 0.331 e. The first-order chi connectivity index (χ1) is 15.4. The van der Waals surface area contributed by atoms with Crippen LogP contribution in [-0.2, 0) is 23.0 Å². The first-order valence-electron chi connectivity index (χ1n) is 11.0. The molecule has 170 valence electrons. The van der Waals surface area contributed by atoms with E-state index in [0.717, 1.165) is 30.6 Å². The lowest BCUT2D eigenvalue weighted by Gasteiger charge is -2.40. The highest BCUT2D eigenvalue weighted by molar-refractivity contribution is 5.86. The number of rotatable bonds is 8. The van der Waals surface area contributed by atoms with Gasteiger partial charge in [-0.1, -0.05) is 13.3 Å². The topological polar surface area (TPSA) is 111 Å². The summed E-state index contributed by atoms with van der Waals surface area (Å²) in [7, 11) is 3.15. The number of carbonyl (C=O) groups is 1. The second-order valence-electron chi connectivity index (χ2n) is 8.13. The van der Waals surface area contributed by atoms with Gasteiger partial charge in [0.25, 0.3) is 5.56 Å². The molecule has 0 bridgehead atoms. The van der Waals surface area contributed by atoms with E-state index in [9.17, 15) is 9.59 Å². The van der Waals surface area contributed by atoms with E-state index in [-0.39, 0.29) is 11.5 Å². The van der Waals surface area contributed by atoms with Gasteiger partial charge in [-0.25, -0.2) is 9.78 Å². The Balaban J connectivity index is 1.82. The van der Waals surface area contributed by atoms with Gasteiger partial charge in [-0.15, -0.1) is 0 Å². The fourth-order valence-corrected chi connectivity index (χ4v) is 4.24. The molecule has 1 fully saturated rings. The molecule has 9 heteroatoms. The summed E-state index contributed by atoms with van der Waals surface area (Å²) in [4.78, 5) is 32.9. The number of aromatic amines is 1. The van der Waals surface area contributed by atoms with Gasteiger partial charge in [0.15, 0.2) is 5.52 Å². The standard InChI is InChI=1S/C23H29N5O4/c1-5-8-16-18-19(28(3)27-16)21(29)25-20(24-18)15-13-14(9-10-17(15)32-6-2)26-23(11-7-12-23)22(30)31-4/h9-10,13,26H,5-8,11-12H2,1-4H3,(H,24,25,29). The minimum atomic E-state index is -0.721. The quantitative estimate of drug-likeness (QED) is 0.519. The van der Waals surface area contributed by atoms with Crippen LogP contribution in [0.4, 0.5) is 5.69 Å². The van der Waals surface area contributed by atoms with E-state index in [1.807, 2.05) is 25.1 Å². The van der Waals surface area contributed by atoms with Gasteiger partial charge in [0.2, 0.25) is 0 Å². The summed E-state index contributed by atoms with van der Waals surface area (Å²) in [5, 5.41) is 7.83. The maximum atomic E-state index is 12.9. The minimum absolute atomic E-state index is 0.256. The first-order valence-corrected chi connectivity index (χ1v) is 11.0. The molecular formula is C23H29N5O4. The summed E-state index contributed by atoms with van der Waals surface area (Å²) in [6, 6.07) is 5.54. The number of benzene rings is 1. The largest absolute Gasteiger partial charge is 0.493 e. The maximum absolute atomic E-state index is 12.9. The molecule has 0 amide bonds. The summed E-state index contributed by atoms with van der Waals surface area (Å²) in [6.07, 6.45) is 4.00. The third-order valence-corrected chi connectivity index (χ3v) is 5.95. The predicted octanol–water partition coefficient (Wildman–Crippen LogP) is 3.18. The van der Waals surface area contributed by atoms with Gasteiger partial charge in [0.1, 0.15) is 22.6 Å². The highest BCUT2D eigenvalue weighted by Crippen LogP contribution is 2.38. The number of aromatic nitrogens is 4. The number of aryl methyl sites for hydroxylation is 2. The molecule has 0 unspecified atom stereocenters. The predicted molar refractivity (Wildman–Crippen MR) is 122 cm³/mol. The first kappa shape index (κ1) is 21.9. The Morgan fingerprint density at radius 2 is 2.09 bits per heavy atom. The van der Waals surface area contributed by atoms with Gasteiger partial charge in [-0.2, -0.15) is 5.10 Å². The average molecular weight is 440 g/mol. The van der Waals surface area contributed by atoms with Crippen molar-refractivity contribution >= 4 is 22.7 Å². The minimum Gasteiger partial charge on any atom is -0.493 e. The normalized spacial score (nSPS) is 14.8. The molecule has 1 aromatic carbocycles. The fraction of sp³-hybridized carbons (Fsp3) is 0.478. The molecular weight excluding hydrogens is 410 g/mol. The fourth-order valence-electron chi connectivity index (χ4n) is 4.24. The highest BCUT2D eigenvalue weighted by Gasteiger charge is 2.45. The third-order valence-electron chi connectivity index (χ3n) is 5.95. The van der Waals surface area contributed by atoms with E-state index in [2.05, 4.69) is 22.3 Å². The number of nitrogens with one attached hydrogen (secondary N) is 2. The van der Waals surface area contributed by atoms with Gasteiger partial charge in [-0.3, -0.25) is 9.48 Å². The van der Waals surface area contributed by atoms with Crippen molar-refractivity contribution in [2.75, 3.05) is 19.0 Å². The van der Waals surface area contributed by atoms with Crippen LogP contribution in [0.25, 0.3) is 22.4 Å². The van der Waals surface area contributed by atoms with E-state index < -0.39 is 5.54 Å². The molecule has 0 radical (unpaired) electrons. The Kier molecular flexibility index (Phi) is 5.90. The molecule has 3 aromatic rings. The molecule has 0 atom stereocenters. The van der Waals surface area contributed by atoms with Crippen molar-refractivity contribution in [1.82, 2.24) is 19.7 Å². The van der Waals surface area contributed by atoms with Crippen LogP contribution in [0.1, 0.15) is 45.2 Å². The molecule has 0 spiro atoms. The van der Waals surface area contributed by atoms with Crippen molar-refractivity contribution in [2.24, 2.45) is 7.05 Å². The molecule has 4 rings (SSSR count). The molecule has 1 aliphatic carbocycles. The highest BCUT2D eigenvalue weighted by atomic mass is 16.5. The van der Waals surface area contributed by atoms with Crippen LogP contribution in [0.3, 0.4) is 0 Å². The number of H-pyrrole nitrogens is 1. The lowest BCUT2D eigenvalue weighted by Crippen LogP contribution is -2.52. The molecule has 2 N–H and O–H groups in total. The van der Waals surface area contributed by atoms with Gasteiger partial charge in [-0.05, 0) is 50.8 Å². The van der Waals surface area contributed by atoms with E-state index in [1.54, 1.807) is 11.7 Å². The van der Waals surface area contributed by atoms with Crippen molar-refractivity contribution in [3.63, 3.8) is 0 Å². The van der Waals surface area contributed by atoms with Gasteiger partial charge in [0, 0.05) is 12.7 Å². The van der Waals surface area contributed by atoms with Crippen LogP contribution in [0.15, 0.2) is 23.0 Å². The number of methoxy groups -OCH3 is 1. The molecule has 2 heterocycles. The zero-order chi connectivity index (χ0) is 22.9. The number of carbonyl (C=O) groups excluding carboxylic acids is 1. The molecule has 32 heavy (non-hydrogen) atoms. The average Bonchev–Trinajstić information content (AvgIpc) is 3.07. The maximum Gasteiger partial charge on any atom is 0.331 e. The monoisotopic (exact) mass is 439 g/mol. The van der Waals surface area contributed by atoms with Crippen LogP contribution >= 0.6 is 0 Å². The molecule has 9 nitrogen and oxygen atoms in total. The molecule has 1 aliphatic rings. The zero-order valence-corrected chi connectivity index (χ0v) is 18.9.